The third-order valence-electron chi connectivity index (χ3n) is 3.17. The SMILES string of the molecule is C1=CC(C2CC2)=C[C](C2CC2)C1. The molecule has 0 atom stereocenters. The Morgan fingerprint density at radius 2 is 1.75 bits per heavy atom. The molecule has 0 aromatic carbocycles. The Balaban J connectivity index is 1.76. The first-order valence-corrected chi connectivity index (χ1v) is 5.17. The molecule has 12 heavy (non-hydrogen) atoms. The van der Waals surface area contributed by atoms with Gasteiger partial charge in [-0.1, -0.05) is 18.2 Å². The molecule has 3 aliphatic rings. The molecular formula is C12H15. The molecule has 0 aliphatic heterocycles. The summed E-state index contributed by atoms with van der Waals surface area (Å²) in [5.41, 5.74) is 1.63. The molecule has 0 heterocycles. The molecule has 0 spiro atoms. The van der Waals surface area contributed by atoms with Crippen LogP contribution in [0.5, 0.6) is 0 Å². The highest BCUT2D eigenvalue weighted by Crippen LogP contribution is 2.46. The Kier molecular flexibility index (Phi) is 1.44. The maximum Gasteiger partial charge on any atom is 0.00472 e. The lowest BCUT2D eigenvalue weighted by Crippen LogP contribution is -2.00. The van der Waals surface area contributed by atoms with E-state index in [4.69, 9.17) is 0 Å². The Bertz CT molecular complexity index is 239. The average Bonchev–Trinajstić information content (AvgIpc) is 2.98. The highest BCUT2D eigenvalue weighted by Gasteiger charge is 2.33. The topological polar surface area (TPSA) is 0 Å². The molecule has 0 aromatic heterocycles. The van der Waals surface area contributed by atoms with Crippen LogP contribution in [-0.2, 0) is 0 Å². The van der Waals surface area contributed by atoms with E-state index in [2.05, 4.69) is 18.2 Å². The van der Waals surface area contributed by atoms with E-state index in [1.165, 1.54) is 32.1 Å². The van der Waals surface area contributed by atoms with Crippen LogP contribution in [-0.4, -0.2) is 0 Å². The normalized spacial score (nSPS) is 30.5. The number of hydrogen-bond acceptors (Lipinski definition) is 0. The van der Waals surface area contributed by atoms with Gasteiger partial charge in [-0.2, -0.15) is 0 Å². The molecule has 1 radical (unpaired) electrons. The molecule has 0 nitrogen and oxygen atoms in total. The lowest BCUT2D eigenvalue weighted by Gasteiger charge is -2.14. The molecule has 0 heteroatoms. The Hall–Kier alpha value is -0.520. The second-order valence-electron chi connectivity index (χ2n) is 4.37. The highest BCUT2D eigenvalue weighted by atomic mass is 14.4. The molecule has 0 saturated heterocycles. The lowest BCUT2D eigenvalue weighted by molar-refractivity contribution is 0.820. The van der Waals surface area contributed by atoms with Gasteiger partial charge in [0, 0.05) is 5.92 Å². The minimum absolute atomic E-state index is 0.940. The summed E-state index contributed by atoms with van der Waals surface area (Å²) >= 11 is 0. The smallest absolute Gasteiger partial charge is 0.00472 e. The first kappa shape index (κ1) is 6.94. The largest absolute Gasteiger partial charge is 0.0834 e. The van der Waals surface area contributed by atoms with Crippen molar-refractivity contribution in [2.75, 3.05) is 0 Å². The van der Waals surface area contributed by atoms with Crippen LogP contribution >= 0.6 is 0 Å². The minimum Gasteiger partial charge on any atom is -0.0834 e. The van der Waals surface area contributed by atoms with Crippen LogP contribution in [0.3, 0.4) is 0 Å². The summed E-state index contributed by atoms with van der Waals surface area (Å²) in [6, 6.07) is 0. The fourth-order valence-electron chi connectivity index (χ4n) is 2.06. The first-order chi connectivity index (χ1) is 5.93. The molecule has 3 rings (SSSR count). The van der Waals surface area contributed by atoms with Gasteiger partial charge in [-0.15, -0.1) is 0 Å². The van der Waals surface area contributed by atoms with E-state index in [1.807, 2.05) is 0 Å². The fraction of sp³-hybridized carbons (Fsp3) is 0.583. The van der Waals surface area contributed by atoms with Gasteiger partial charge in [-0.05, 0) is 49.5 Å². The number of allylic oxidation sites excluding steroid dienone is 4. The summed E-state index contributed by atoms with van der Waals surface area (Å²) in [6.45, 7) is 0. The summed E-state index contributed by atoms with van der Waals surface area (Å²) in [4.78, 5) is 0. The van der Waals surface area contributed by atoms with E-state index in [9.17, 15) is 0 Å². The van der Waals surface area contributed by atoms with Crippen LogP contribution in [0.25, 0.3) is 0 Å². The Morgan fingerprint density at radius 3 is 2.42 bits per heavy atom. The predicted molar refractivity (Wildman–Crippen MR) is 50.5 cm³/mol. The van der Waals surface area contributed by atoms with Crippen LogP contribution < -0.4 is 0 Å². The quantitative estimate of drug-likeness (QED) is 0.580. The van der Waals surface area contributed by atoms with Gasteiger partial charge in [0.05, 0.1) is 0 Å². The first-order valence-electron chi connectivity index (χ1n) is 5.17. The average molecular weight is 159 g/mol. The molecular weight excluding hydrogens is 144 g/mol. The predicted octanol–water partition coefficient (Wildman–Crippen LogP) is 3.27. The van der Waals surface area contributed by atoms with Gasteiger partial charge >= 0.3 is 0 Å². The van der Waals surface area contributed by atoms with Crippen molar-refractivity contribution in [3.05, 3.63) is 29.7 Å². The van der Waals surface area contributed by atoms with Gasteiger partial charge < -0.3 is 0 Å². The van der Waals surface area contributed by atoms with Crippen molar-refractivity contribution in [1.29, 1.82) is 0 Å². The lowest BCUT2D eigenvalue weighted by atomic mass is 9.90. The van der Waals surface area contributed by atoms with Gasteiger partial charge in [-0.25, -0.2) is 0 Å². The minimum atomic E-state index is 0.940. The summed E-state index contributed by atoms with van der Waals surface area (Å²) in [6.07, 6.45) is 14.2. The molecule has 0 bridgehead atoms. The van der Waals surface area contributed by atoms with E-state index in [0.717, 1.165) is 11.8 Å². The van der Waals surface area contributed by atoms with Crippen molar-refractivity contribution < 1.29 is 0 Å². The van der Waals surface area contributed by atoms with Crippen molar-refractivity contribution in [1.82, 2.24) is 0 Å². The van der Waals surface area contributed by atoms with Crippen molar-refractivity contribution in [2.45, 2.75) is 32.1 Å². The van der Waals surface area contributed by atoms with Crippen LogP contribution in [0, 0.1) is 17.8 Å². The van der Waals surface area contributed by atoms with Crippen LogP contribution in [0.15, 0.2) is 23.8 Å². The van der Waals surface area contributed by atoms with Gasteiger partial charge in [0.15, 0.2) is 0 Å². The maximum absolute atomic E-state index is 2.50. The van der Waals surface area contributed by atoms with E-state index < -0.39 is 0 Å². The molecule has 63 valence electrons. The van der Waals surface area contributed by atoms with E-state index in [1.54, 1.807) is 11.5 Å². The van der Waals surface area contributed by atoms with Crippen molar-refractivity contribution in [3.63, 3.8) is 0 Å². The van der Waals surface area contributed by atoms with Gasteiger partial charge in [0.2, 0.25) is 0 Å². The molecule has 2 saturated carbocycles. The summed E-state index contributed by atoms with van der Waals surface area (Å²) in [7, 11) is 0. The zero-order valence-electron chi connectivity index (χ0n) is 7.42. The zero-order chi connectivity index (χ0) is 7.97. The van der Waals surface area contributed by atoms with E-state index in [0.29, 0.717) is 0 Å². The van der Waals surface area contributed by atoms with Crippen molar-refractivity contribution >= 4 is 0 Å². The third kappa shape index (κ3) is 1.24. The Morgan fingerprint density at radius 1 is 1.00 bits per heavy atom. The van der Waals surface area contributed by atoms with Crippen LogP contribution in [0.4, 0.5) is 0 Å². The molecule has 0 unspecified atom stereocenters. The van der Waals surface area contributed by atoms with Gasteiger partial charge in [0.1, 0.15) is 0 Å². The number of rotatable bonds is 2. The van der Waals surface area contributed by atoms with Gasteiger partial charge in [0.25, 0.3) is 0 Å². The standard InChI is InChI=1S/C12H15/c1-2-11(9-4-5-9)8-12(3-1)10-6-7-10/h1-2,8-10H,3-7H2. The maximum atomic E-state index is 2.50. The summed E-state index contributed by atoms with van der Waals surface area (Å²) in [5, 5.41) is 0. The second kappa shape index (κ2) is 2.48. The van der Waals surface area contributed by atoms with Crippen LogP contribution in [0.2, 0.25) is 0 Å². The van der Waals surface area contributed by atoms with E-state index >= 15 is 0 Å². The number of hydrogen-bond donors (Lipinski definition) is 0. The third-order valence-corrected chi connectivity index (χ3v) is 3.17. The monoisotopic (exact) mass is 159 g/mol. The van der Waals surface area contributed by atoms with Gasteiger partial charge in [-0.3, -0.25) is 0 Å². The fourth-order valence-corrected chi connectivity index (χ4v) is 2.06. The second-order valence-corrected chi connectivity index (χ2v) is 4.37. The molecule has 2 fully saturated rings. The molecule has 0 N–H and O–H groups in total. The molecule has 3 aliphatic carbocycles. The summed E-state index contributed by atoms with van der Waals surface area (Å²) in [5.74, 6) is 3.64. The van der Waals surface area contributed by atoms with Crippen molar-refractivity contribution in [2.24, 2.45) is 11.8 Å². The molecule has 0 aromatic rings. The molecule has 0 amide bonds. The highest BCUT2D eigenvalue weighted by molar-refractivity contribution is 5.38. The summed E-state index contributed by atoms with van der Waals surface area (Å²) < 4.78 is 0. The van der Waals surface area contributed by atoms with E-state index in [-0.39, 0.29) is 0 Å². The van der Waals surface area contributed by atoms with Crippen molar-refractivity contribution in [3.8, 4) is 0 Å². The van der Waals surface area contributed by atoms with Crippen LogP contribution in [0.1, 0.15) is 32.1 Å². The Labute approximate surface area is 74.4 Å². The zero-order valence-corrected chi connectivity index (χ0v) is 7.42.